The van der Waals surface area contributed by atoms with Gasteiger partial charge in [0.05, 0.1) is 25.9 Å². The molecule has 0 saturated carbocycles. The lowest BCUT2D eigenvalue weighted by Gasteiger charge is -2.34. The second kappa shape index (κ2) is 10.3. The molecule has 2 N–H and O–H groups in total. The number of carbonyl (C=O) groups is 2. The Morgan fingerprint density at radius 1 is 1.00 bits per heavy atom. The summed E-state index contributed by atoms with van der Waals surface area (Å²) in [5.74, 6) is 0.325. The van der Waals surface area contributed by atoms with E-state index < -0.39 is 0 Å². The number of ether oxygens (including phenoxy) is 1. The van der Waals surface area contributed by atoms with Crippen LogP contribution < -0.4 is 15.4 Å². The third-order valence-electron chi connectivity index (χ3n) is 5.91. The smallest absolute Gasteiger partial charge is 0.243 e. The van der Waals surface area contributed by atoms with E-state index in [1.165, 1.54) is 16.7 Å². The molecule has 1 aliphatic rings. The van der Waals surface area contributed by atoms with E-state index in [-0.39, 0.29) is 30.8 Å². The molecule has 0 bridgehead atoms. The molecule has 3 aromatic carbocycles. The monoisotopic (exact) mass is 443 g/mol. The van der Waals surface area contributed by atoms with Crippen molar-refractivity contribution >= 4 is 17.5 Å². The predicted molar refractivity (Wildman–Crippen MR) is 129 cm³/mol. The van der Waals surface area contributed by atoms with E-state index >= 15 is 0 Å². The molecule has 3 aromatic rings. The van der Waals surface area contributed by atoms with Gasteiger partial charge in [0.1, 0.15) is 5.75 Å². The molecule has 33 heavy (non-hydrogen) atoms. The van der Waals surface area contributed by atoms with E-state index in [0.29, 0.717) is 18.0 Å². The van der Waals surface area contributed by atoms with Crippen LogP contribution in [0.25, 0.3) is 0 Å². The second-order valence-electron chi connectivity index (χ2n) is 8.36. The Morgan fingerprint density at radius 3 is 2.55 bits per heavy atom. The summed E-state index contributed by atoms with van der Waals surface area (Å²) >= 11 is 0. The van der Waals surface area contributed by atoms with Gasteiger partial charge in [-0.3, -0.25) is 14.5 Å². The van der Waals surface area contributed by atoms with Gasteiger partial charge in [-0.15, -0.1) is 0 Å². The number of hydrogen-bond donors (Lipinski definition) is 2. The van der Waals surface area contributed by atoms with Crippen molar-refractivity contribution in [2.24, 2.45) is 0 Å². The topological polar surface area (TPSA) is 70.7 Å². The van der Waals surface area contributed by atoms with Crippen LogP contribution in [0.1, 0.15) is 28.2 Å². The SMILES string of the molecule is COc1ccc(C)cc1NC(=O)CNC(=O)CN1Cc2ccccc2[C@H](c2ccccc2)C1. The molecule has 0 aliphatic carbocycles. The summed E-state index contributed by atoms with van der Waals surface area (Å²) < 4.78 is 5.29. The van der Waals surface area contributed by atoms with Gasteiger partial charge in [0.2, 0.25) is 11.8 Å². The van der Waals surface area contributed by atoms with E-state index in [0.717, 1.165) is 12.1 Å². The average molecular weight is 444 g/mol. The molecule has 0 fully saturated rings. The number of methoxy groups -OCH3 is 1. The molecule has 6 nitrogen and oxygen atoms in total. The van der Waals surface area contributed by atoms with Crippen molar-refractivity contribution in [3.8, 4) is 5.75 Å². The lowest BCUT2D eigenvalue weighted by Crippen LogP contribution is -2.43. The third kappa shape index (κ3) is 5.59. The van der Waals surface area contributed by atoms with Crippen LogP contribution in [0.4, 0.5) is 5.69 Å². The summed E-state index contributed by atoms with van der Waals surface area (Å²) in [6.45, 7) is 3.54. The quantitative estimate of drug-likeness (QED) is 0.584. The summed E-state index contributed by atoms with van der Waals surface area (Å²) in [6, 6.07) is 24.3. The number of nitrogens with zero attached hydrogens (tertiary/aromatic N) is 1. The maximum absolute atomic E-state index is 12.6. The highest BCUT2D eigenvalue weighted by Gasteiger charge is 2.27. The first-order valence-corrected chi connectivity index (χ1v) is 11.1. The van der Waals surface area contributed by atoms with Gasteiger partial charge in [0.25, 0.3) is 0 Å². The number of fused-ring (bicyclic) bond motifs is 1. The van der Waals surface area contributed by atoms with Crippen molar-refractivity contribution in [2.45, 2.75) is 19.4 Å². The molecular formula is C27H29N3O3. The third-order valence-corrected chi connectivity index (χ3v) is 5.91. The Kier molecular flexibility index (Phi) is 7.05. The number of rotatable bonds is 7. The Morgan fingerprint density at radius 2 is 1.76 bits per heavy atom. The number of aryl methyl sites for hydroxylation is 1. The molecule has 0 saturated heterocycles. The fraction of sp³-hybridized carbons (Fsp3) is 0.259. The highest BCUT2D eigenvalue weighted by molar-refractivity contribution is 5.96. The number of amides is 2. The molecule has 1 heterocycles. The number of anilines is 1. The Hall–Kier alpha value is -3.64. The Balaban J connectivity index is 1.36. The van der Waals surface area contributed by atoms with Gasteiger partial charge in [-0.05, 0) is 41.3 Å². The second-order valence-corrected chi connectivity index (χ2v) is 8.36. The molecule has 0 aromatic heterocycles. The van der Waals surface area contributed by atoms with Gasteiger partial charge < -0.3 is 15.4 Å². The molecular weight excluding hydrogens is 414 g/mol. The molecule has 0 radical (unpaired) electrons. The standard InChI is InChI=1S/C27H29N3O3/c1-19-12-13-25(33-2)24(14-19)29-26(31)15-28-27(32)18-30-16-21-10-6-7-11-22(21)23(17-30)20-8-4-3-5-9-20/h3-14,23H,15-18H2,1-2H3,(H,28,32)(H,29,31)/t23-/m0/s1. The molecule has 170 valence electrons. The van der Waals surface area contributed by atoms with E-state index in [1.807, 2.05) is 43.3 Å². The molecule has 0 unspecified atom stereocenters. The number of hydrogen-bond acceptors (Lipinski definition) is 4. The zero-order valence-corrected chi connectivity index (χ0v) is 19.0. The summed E-state index contributed by atoms with van der Waals surface area (Å²) in [4.78, 5) is 27.2. The highest BCUT2D eigenvalue weighted by Crippen LogP contribution is 2.33. The van der Waals surface area contributed by atoms with Crippen molar-refractivity contribution in [3.05, 3.63) is 95.1 Å². The largest absolute Gasteiger partial charge is 0.495 e. The maximum Gasteiger partial charge on any atom is 0.243 e. The molecule has 4 rings (SSSR count). The number of benzene rings is 3. The summed E-state index contributed by atoms with van der Waals surface area (Å²) in [5.41, 5.74) is 5.38. The van der Waals surface area contributed by atoms with Crippen molar-refractivity contribution in [2.75, 3.05) is 32.1 Å². The van der Waals surface area contributed by atoms with Gasteiger partial charge in [-0.2, -0.15) is 0 Å². The summed E-state index contributed by atoms with van der Waals surface area (Å²) in [6.07, 6.45) is 0. The van der Waals surface area contributed by atoms with Crippen molar-refractivity contribution in [3.63, 3.8) is 0 Å². The lowest BCUT2D eigenvalue weighted by atomic mass is 9.85. The average Bonchev–Trinajstić information content (AvgIpc) is 2.83. The van der Waals surface area contributed by atoms with Gasteiger partial charge >= 0.3 is 0 Å². The highest BCUT2D eigenvalue weighted by atomic mass is 16.5. The van der Waals surface area contributed by atoms with Crippen LogP contribution in [0.2, 0.25) is 0 Å². The van der Waals surface area contributed by atoms with Crippen LogP contribution >= 0.6 is 0 Å². The van der Waals surface area contributed by atoms with E-state index in [2.05, 4.69) is 45.9 Å². The van der Waals surface area contributed by atoms with E-state index in [9.17, 15) is 9.59 Å². The fourth-order valence-corrected chi connectivity index (χ4v) is 4.32. The van der Waals surface area contributed by atoms with Crippen LogP contribution in [-0.4, -0.2) is 43.5 Å². The summed E-state index contributed by atoms with van der Waals surface area (Å²) in [7, 11) is 1.56. The normalized spacial score (nSPS) is 15.4. The number of carbonyl (C=O) groups excluding carboxylic acids is 2. The molecule has 0 spiro atoms. The molecule has 1 aliphatic heterocycles. The van der Waals surface area contributed by atoms with Crippen LogP contribution in [0.3, 0.4) is 0 Å². The Labute approximate surface area is 194 Å². The number of nitrogens with one attached hydrogen (secondary N) is 2. The van der Waals surface area contributed by atoms with Crippen LogP contribution in [0, 0.1) is 6.92 Å². The minimum atomic E-state index is -0.293. The van der Waals surface area contributed by atoms with Crippen LogP contribution in [-0.2, 0) is 16.1 Å². The maximum atomic E-state index is 12.6. The van der Waals surface area contributed by atoms with Crippen molar-refractivity contribution < 1.29 is 14.3 Å². The van der Waals surface area contributed by atoms with Gasteiger partial charge in [-0.25, -0.2) is 0 Å². The predicted octanol–water partition coefficient (Wildman–Crippen LogP) is 3.71. The van der Waals surface area contributed by atoms with Gasteiger partial charge in [0, 0.05) is 19.0 Å². The molecule has 2 amide bonds. The fourth-order valence-electron chi connectivity index (χ4n) is 4.32. The first-order chi connectivity index (χ1) is 16.0. The zero-order chi connectivity index (χ0) is 23.2. The van der Waals surface area contributed by atoms with E-state index in [4.69, 9.17) is 4.74 Å². The van der Waals surface area contributed by atoms with Crippen molar-refractivity contribution in [1.82, 2.24) is 10.2 Å². The molecule has 6 heteroatoms. The van der Waals surface area contributed by atoms with Crippen molar-refractivity contribution in [1.29, 1.82) is 0 Å². The van der Waals surface area contributed by atoms with Gasteiger partial charge in [-0.1, -0.05) is 60.7 Å². The Bertz CT molecular complexity index is 1130. The zero-order valence-electron chi connectivity index (χ0n) is 19.0. The lowest BCUT2D eigenvalue weighted by molar-refractivity contribution is -0.125. The minimum absolute atomic E-state index is 0.0948. The first kappa shape index (κ1) is 22.6. The summed E-state index contributed by atoms with van der Waals surface area (Å²) in [5, 5.41) is 5.56. The first-order valence-electron chi connectivity index (χ1n) is 11.1. The van der Waals surface area contributed by atoms with E-state index in [1.54, 1.807) is 13.2 Å². The minimum Gasteiger partial charge on any atom is -0.495 e. The molecule has 1 atom stereocenters. The van der Waals surface area contributed by atoms with Crippen LogP contribution in [0.5, 0.6) is 5.75 Å². The van der Waals surface area contributed by atoms with Crippen LogP contribution in [0.15, 0.2) is 72.8 Å². The van der Waals surface area contributed by atoms with Gasteiger partial charge in [0.15, 0.2) is 0 Å².